The normalized spacial score (nSPS) is 13.7. The fourth-order valence-corrected chi connectivity index (χ4v) is 4.35. The van der Waals surface area contributed by atoms with Crippen LogP contribution in [0.1, 0.15) is 0 Å². The van der Waals surface area contributed by atoms with Gasteiger partial charge in [-0.2, -0.15) is 0 Å². The van der Waals surface area contributed by atoms with Crippen LogP contribution in [0.4, 0.5) is 17.2 Å². The summed E-state index contributed by atoms with van der Waals surface area (Å²) in [6.45, 7) is 3.42. The molecule has 1 aromatic heterocycles. The van der Waals surface area contributed by atoms with Crippen LogP contribution in [0.5, 0.6) is 5.75 Å². The van der Waals surface area contributed by atoms with E-state index in [1.807, 2.05) is 54.6 Å². The van der Waals surface area contributed by atoms with Crippen molar-refractivity contribution in [3.63, 3.8) is 0 Å². The van der Waals surface area contributed by atoms with E-state index < -0.39 is 0 Å². The predicted molar refractivity (Wildman–Crippen MR) is 130 cm³/mol. The van der Waals surface area contributed by atoms with Gasteiger partial charge in [0.1, 0.15) is 10.8 Å². The van der Waals surface area contributed by atoms with Gasteiger partial charge < -0.3 is 19.9 Å². The third-order valence-electron chi connectivity index (χ3n) is 5.13. The zero-order valence-corrected chi connectivity index (χ0v) is 19.3. The van der Waals surface area contributed by atoms with Crippen molar-refractivity contribution < 1.29 is 9.53 Å². The molecule has 3 aromatic rings. The molecule has 0 atom stereocenters. The van der Waals surface area contributed by atoms with Gasteiger partial charge in [0.2, 0.25) is 5.91 Å². The second kappa shape index (κ2) is 10.6. The number of carbonyl (C=O) groups is 1. The number of carbonyl (C=O) groups excluding carboxylic acids is 1. The lowest BCUT2D eigenvalue weighted by Crippen LogP contribution is -2.47. The first-order valence-corrected chi connectivity index (χ1v) is 11.6. The third kappa shape index (κ3) is 5.63. The molecule has 1 aliphatic rings. The Morgan fingerprint density at radius 1 is 1.03 bits per heavy atom. The number of ether oxygens (including phenoxy) is 1. The molecular weight excluding hydrogens is 446 g/mol. The van der Waals surface area contributed by atoms with Gasteiger partial charge in [-0.15, -0.1) is 10.2 Å². The van der Waals surface area contributed by atoms with Crippen LogP contribution in [0.15, 0.2) is 65.7 Å². The van der Waals surface area contributed by atoms with Gasteiger partial charge in [0, 0.05) is 37.9 Å². The molecule has 2 heterocycles. The van der Waals surface area contributed by atoms with Gasteiger partial charge in [0.05, 0.1) is 23.6 Å². The monoisotopic (exact) mass is 469 g/mol. The van der Waals surface area contributed by atoms with Crippen LogP contribution in [-0.4, -0.2) is 55.1 Å². The van der Waals surface area contributed by atoms with Gasteiger partial charge in [-0.3, -0.25) is 4.79 Å². The number of aromatic nitrogens is 2. The standard InChI is InChI=1S/C23H24ClN5O2S/c1-31-18-6-4-5-17(15-18)25-22(30)16-32-23-10-9-21(26-27-23)29-13-11-28(12-14-29)20-8-3-2-7-19(20)24/h2-10,15H,11-14,16H2,1H3,(H,25,30). The van der Waals surface area contributed by atoms with E-state index in [0.29, 0.717) is 16.5 Å². The Kier molecular flexibility index (Phi) is 7.34. The van der Waals surface area contributed by atoms with Crippen LogP contribution in [0.3, 0.4) is 0 Å². The van der Waals surface area contributed by atoms with Crippen molar-refractivity contribution in [3.05, 3.63) is 65.7 Å². The summed E-state index contributed by atoms with van der Waals surface area (Å²) in [5.74, 6) is 1.69. The summed E-state index contributed by atoms with van der Waals surface area (Å²) in [5, 5.41) is 13.0. The van der Waals surface area contributed by atoms with E-state index in [4.69, 9.17) is 16.3 Å². The fraction of sp³-hybridized carbons (Fsp3) is 0.261. The first-order chi connectivity index (χ1) is 15.6. The first-order valence-electron chi connectivity index (χ1n) is 10.3. The summed E-state index contributed by atoms with van der Waals surface area (Å²) >= 11 is 7.68. The summed E-state index contributed by atoms with van der Waals surface area (Å²) in [5.41, 5.74) is 1.77. The van der Waals surface area contributed by atoms with Crippen LogP contribution >= 0.6 is 23.4 Å². The highest BCUT2D eigenvalue weighted by Crippen LogP contribution is 2.27. The molecule has 7 nitrogen and oxygen atoms in total. The molecule has 2 aromatic carbocycles. The molecule has 9 heteroatoms. The Morgan fingerprint density at radius 3 is 2.53 bits per heavy atom. The van der Waals surface area contributed by atoms with Crippen molar-refractivity contribution in [3.8, 4) is 5.75 Å². The minimum Gasteiger partial charge on any atom is -0.497 e. The van der Waals surface area contributed by atoms with Crippen molar-refractivity contribution in [2.24, 2.45) is 0 Å². The van der Waals surface area contributed by atoms with Gasteiger partial charge in [-0.25, -0.2) is 0 Å². The average Bonchev–Trinajstić information content (AvgIpc) is 2.84. The molecule has 166 valence electrons. The maximum absolute atomic E-state index is 12.2. The molecule has 0 saturated carbocycles. The summed E-state index contributed by atoms with van der Waals surface area (Å²) < 4.78 is 5.17. The van der Waals surface area contributed by atoms with E-state index in [1.54, 1.807) is 13.2 Å². The summed E-state index contributed by atoms with van der Waals surface area (Å²) in [6, 6.07) is 19.1. The number of hydrogen-bond donors (Lipinski definition) is 1. The lowest BCUT2D eigenvalue weighted by atomic mass is 10.2. The van der Waals surface area contributed by atoms with E-state index in [-0.39, 0.29) is 11.7 Å². The number of methoxy groups -OCH3 is 1. The Hall–Kier alpha value is -2.97. The molecule has 0 unspecified atom stereocenters. The smallest absolute Gasteiger partial charge is 0.234 e. The molecule has 4 rings (SSSR count). The van der Waals surface area contributed by atoms with Crippen molar-refractivity contribution in [2.75, 3.05) is 54.2 Å². The first kappa shape index (κ1) is 22.2. The number of thioether (sulfide) groups is 1. The van der Waals surface area contributed by atoms with Gasteiger partial charge in [0.15, 0.2) is 5.82 Å². The van der Waals surface area contributed by atoms with Crippen molar-refractivity contribution in [1.29, 1.82) is 0 Å². The SMILES string of the molecule is COc1cccc(NC(=O)CSc2ccc(N3CCN(c4ccccc4Cl)CC3)nn2)c1. The Labute approximate surface area is 196 Å². The van der Waals surface area contributed by atoms with Crippen molar-refractivity contribution in [1.82, 2.24) is 10.2 Å². The number of nitrogens with one attached hydrogen (secondary N) is 1. The fourth-order valence-electron chi connectivity index (χ4n) is 3.48. The predicted octanol–water partition coefficient (Wildman–Crippen LogP) is 4.20. The molecule has 0 radical (unpaired) electrons. The van der Waals surface area contributed by atoms with Crippen LogP contribution in [0.2, 0.25) is 5.02 Å². The van der Waals surface area contributed by atoms with Crippen molar-refractivity contribution in [2.45, 2.75) is 5.03 Å². The topological polar surface area (TPSA) is 70.6 Å². The second-order valence-electron chi connectivity index (χ2n) is 7.22. The maximum atomic E-state index is 12.2. The Balaban J connectivity index is 1.26. The van der Waals surface area contributed by atoms with E-state index in [9.17, 15) is 4.79 Å². The molecule has 1 amide bonds. The third-order valence-corrected chi connectivity index (χ3v) is 6.37. The zero-order chi connectivity index (χ0) is 22.3. The van der Waals surface area contributed by atoms with Gasteiger partial charge in [-0.1, -0.05) is 41.6 Å². The Bertz CT molecular complexity index is 1060. The van der Waals surface area contributed by atoms with E-state index in [1.165, 1.54) is 11.8 Å². The minimum atomic E-state index is -0.107. The number of amides is 1. The molecule has 1 N–H and O–H groups in total. The molecule has 0 aliphatic carbocycles. The second-order valence-corrected chi connectivity index (χ2v) is 8.63. The maximum Gasteiger partial charge on any atom is 0.234 e. The number of anilines is 3. The van der Waals surface area contributed by atoms with Crippen LogP contribution < -0.4 is 19.9 Å². The molecule has 0 spiro atoms. The molecule has 0 bridgehead atoms. The lowest BCUT2D eigenvalue weighted by Gasteiger charge is -2.36. The van der Waals surface area contributed by atoms with Crippen molar-refractivity contribution >= 4 is 46.5 Å². The number of benzene rings is 2. The van der Waals surface area contributed by atoms with Gasteiger partial charge >= 0.3 is 0 Å². The molecule has 1 saturated heterocycles. The largest absolute Gasteiger partial charge is 0.497 e. The van der Waals surface area contributed by atoms with E-state index in [2.05, 4.69) is 25.3 Å². The number of para-hydroxylation sites is 1. The minimum absolute atomic E-state index is 0.107. The summed E-state index contributed by atoms with van der Waals surface area (Å²) in [7, 11) is 1.60. The summed E-state index contributed by atoms with van der Waals surface area (Å²) in [6.07, 6.45) is 0. The average molecular weight is 470 g/mol. The zero-order valence-electron chi connectivity index (χ0n) is 17.7. The number of piperazine rings is 1. The number of halogens is 1. The molecule has 1 aliphatic heterocycles. The number of nitrogens with zero attached hydrogens (tertiary/aromatic N) is 4. The van der Waals surface area contributed by atoms with Gasteiger partial charge in [0.25, 0.3) is 0 Å². The Morgan fingerprint density at radius 2 is 1.81 bits per heavy atom. The quantitative estimate of drug-likeness (QED) is 0.520. The van der Waals surface area contributed by atoms with E-state index >= 15 is 0 Å². The molecular formula is C23H24ClN5O2S. The summed E-state index contributed by atoms with van der Waals surface area (Å²) in [4.78, 5) is 16.7. The van der Waals surface area contributed by atoms with Gasteiger partial charge in [-0.05, 0) is 36.4 Å². The number of hydrogen-bond acceptors (Lipinski definition) is 7. The molecule has 32 heavy (non-hydrogen) atoms. The lowest BCUT2D eigenvalue weighted by molar-refractivity contribution is -0.113. The van der Waals surface area contributed by atoms with Crippen LogP contribution in [-0.2, 0) is 4.79 Å². The highest BCUT2D eigenvalue weighted by atomic mass is 35.5. The number of rotatable bonds is 7. The highest BCUT2D eigenvalue weighted by Gasteiger charge is 2.20. The van der Waals surface area contributed by atoms with E-state index in [0.717, 1.165) is 42.7 Å². The van der Waals surface area contributed by atoms with Crippen LogP contribution in [0, 0.1) is 0 Å². The highest BCUT2D eigenvalue weighted by molar-refractivity contribution is 7.99. The molecule has 1 fully saturated rings. The van der Waals surface area contributed by atoms with Crippen LogP contribution in [0.25, 0.3) is 0 Å².